The van der Waals surface area contributed by atoms with E-state index in [-0.39, 0.29) is 0 Å². The Kier molecular flexibility index (Phi) is 1.89. The van der Waals surface area contributed by atoms with Gasteiger partial charge in [0.15, 0.2) is 6.54 Å². The van der Waals surface area contributed by atoms with Crippen LogP contribution in [0.4, 0.5) is 0 Å². The molecular formula is C10H11ClN+. The molecule has 1 aromatic rings. The molecule has 12 heavy (non-hydrogen) atoms. The fourth-order valence-corrected chi connectivity index (χ4v) is 1.72. The van der Waals surface area contributed by atoms with Crippen molar-refractivity contribution in [2.45, 2.75) is 19.9 Å². The van der Waals surface area contributed by atoms with Crippen LogP contribution in [0.1, 0.15) is 19.0 Å². The van der Waals surface area contributed by atoms with Crippen molar-refractivity contribution >= 4 is 17.7 Å². The average molecular weight is 181 g/mol. The molecule has 0 aromatic carbocycles. The smallest absolute Gasteiger partial charge is 0.178 e. The van der Waals surface area contributed by atoms with E-state index in [9.17, 15) is 0 Å². The minimum Gasteiger partial charge on any atom is -0.178 e. The lowest BCUT2D eigenvalue weighted by Gasteiger charge is -1.94. The Hall–Kier alpha value is -0.820. The zero-order valence-electron chi connectivity index (χ0n) is 7.05. The van der Waals surface area contributed by atoms with Gasteiger partial charge in [-0.2, -0.15) is 4.57 Å². The van der Waals surface area contributed by atoms with Gasteiger partial charge >= 0.3 is 0 Å². The van der Waals surface area contributed by atoms with Gasteiger partial charge in [-0.25, -0.2) is 0 Å². The number of fused-ring (bicyclic) bond motifs is 1. The van der Waals surface area contributed by atoms with Crippen molar-refractivity contribution < 1.29 is 4.57 Å². The highest BCUT2D eigenvalue weighted by atomic mass is 35.5. The lowest BCUT2D eigenvalue weighted by molar-refractivity contribution is -0.684. The van der Waals surface area contributed by atoms with Crippen LogP contribution in [0.5, 0.6) is 0 Å². The van der Waals surface area contributed by atoms with Crippen molar-refractivity contribution in [2.75, 3.05) is 0 Å². The van der Waals surface area contributed by atoms with E-state index in [0.29, 0.717) is 0 Å². The van der Waals surface area contributed by atoms with E-state index < -0.39 is 0 Å². The van der Waals surface area contributed by atoms with Crippen LogP contribution in [0.3, 0.4) is 0 Å². The number of aromatic nitrogens is 1. The van der Waals surface area contributed by atoms with Crippen molar-refractivity contribution in [3.8, 4) is 0 Å². The minimum atomic E-state index is 0.826. The Labute approximate surface area is 77.3 Å². The molecule has 2 heterocycles. The number of halogens is 1. The minimum absolute atomic E-state index is 0.826. The van der Waals surface area contributed by atoms with Gasteiger partial charge in [-0.15, -0.1) is 0 Å². The summed E-state index contributed by atoms with van der Waals surface area (Å²) in [5, 5.41) is 0.826. The molecule has 0 atom stereocenters. The van der Waals surface area contributed by atoms with E-state index in [2.05, 4.69) is 23.6 Å². The number of rotatable bonds is 1. The highest BCUT2D eigenvalue weighted by Crippen LogP contribution is 2.16. The molecule has 0 saturated heterocycles. The lowest BCUT2D eigenvalue weighted by atomic mass is 10.2. The van der Waals surface area contributed by atoms with E-state index in [1.165, 1.54) is 11.3 Å². The van der Waals surface area contributed by atoms with E-state index in [1.54, 1.807) is 0 Å². The normalized spacial score (nSPS) is 14.3. The second-order valence-electron chi connectivity index (χ2n) is 3.02. The van der Waals surface area contributed by atoms with Crippen LogP contribution in [0.25, 0.3) is 6.08 Å². The number of pyridine rings is 1. The first-order valence-corrected chi connectivity index (χ1v) is 4.57. The van der Waals surface area contributed by atoms with Crippen LogP contribution >= 0.6 is 11.6 Å². The second kappa shape index (κ2) is 2.91. The molecule has 0 amide bonds. The summed E-state index contributed by atoms with van der Waals surface area (Å²) in [5.74, 6) is 0. The topological polar surface area (TPSA) is 3.88 Å². The predicted octanol–water partition coefficient (Wildman–Crippen LogP) is 2.43. The first-order chi connectivity index (χ1) is 5.81. The number of allylic oxidation sites excluding steroid dienone is 1. The Bertz CT molecular complexity index is 342. The maximum Gasteiger partial charge on any atom is 0.275 e. The van der Waals surface area contributed by atoms with Gasteiger partial charge in [0.05, 0.1) is 0 Å². The van der Waals surface area contributed by atoms with Crippen molar-refractivity contribution in [3.05, 3.63) is 34.6 Å². The third-order valence-corrected chi connectivity index (χ3v) is 2.57. The monoisotopic (exact) mass is 180 g/mol. The van der Waals surface area contributed by atoms with Crippen LogP contribution < -0.4 is 4.57 Å². The highest BCUT2D eigenvalue weighted by molar-refractivity contribution is 6.28. The fraction of sp³-hybridized carbons (Fsp3) is 0.300. The third kappa shape index (κ3) is 1.14. The summed E-state index contributed by atoms with van der Waals surface area (Å²) in [7, 11) is 0. The van der Waals surface area contributed by atoms with Gasteiger partial charge in [0.2, 0.25) is 5.69 Å². The molecule has 1 aromatic heterocycles. The molecule has 2 heteroatoms. The maximum atomic E-state index is 6.02. The Morgan fingerprint density at radius 2 is 2.33 bits per heavy atom. The van der Waals surface area contributed by atoms with Crippen LogP contribution in [-0.2, 0) is 6.54 Å². The summed E-state index contributed by atoms with van der Waals surface area (Å²) in [4.78, 5) is 0. The quantitative estimate of drug-likeness (QED) is 0.462. The summed E-state index contributed by atoms with van der Waals surface area (Å²) in [5.41, 5.74) is 2.67. The molecule has 1 nitrogen and oxygen atoms in total. The number of hydrogen-bond acceptors (Lipinski definition) is 0. The van der Waals surface area contributed by atoms with E-state index in [0.717, 1.165) is 18.1 Å². The lowest BCUT2D eigenvalue weighted by Crippen LogP contribution is -2.35. The number of nitrogens with zero attached hydrogens (tertiary/aromatic N) is 1. The number of hydrogen-bond donors (Lipinski definition) is 0. The van der Waals surface area contributed by atoms with Gasteiger partial charge < -0.3 is 0 Å². The maximum absolute atomic E-state index is 6.02. The Balaban J connectivity index is 2.45. The highest BCUT2D eigenvalue weighted by Gasteiger charge is 2.20. The molecule has 2 rings (SSSR count). The molecule has 0 bridgehead atoms. The van der Waals surface area contributed by atoms with Gasteiger partial charge in [0, 0.05) is 23.8 Å². The van der Waals surface area contributed by atoms with E-state index >= 15 is 0 Å². The van der Waals surface area contributed by atoms with E-state index in [1.807, 2.05) is 12.1 Å². The first-order valence-electron chi connectivity index (χ1n) is 4.19. The molecule has 0 unspecified atom stereocenters. The molecule has 0 N–H and O–H groups in total. The summed E-state index contributed by atoms with van der Waals surface area (Å²) in [6, 6.07) is 6.01. The standard InChI is InChI=1S/C10H11ClN/c1-2-8-6-9-4-3-5-10(11)12(9)7-8/h3-6H,2,7H2,1H3/q+1. The van der Waals surface area contributed by atoms with Crippen molar-refractivity contribution in [1.82, 2.24) is 0 Å². The molecule has 0 spiro atoms. The summed E-state index contributed by atoms with van der Waals surface area (Å²) in [6.45, 7) is 3.14. The summed E-state index contributed by atoms with van der Waals surface area (Å²) < 4.78 is 2.13. The van der Waals surface area contributed by atoms with Crippen LogP contribution in [-0.4, -0.2) is 0 Å². The molecule has 0 radical (unpaired) electrons. The Morgan fingerprint density at radius 1 is 1.50 bits per heavy atom. The zero-order chi connectivity index (χ0) is 8.55. The summed E-state index contributed by atoms with van der Waals surface area (Å²) >= 11 is 6.02. The van der Waals surface area contributed by atoms with Crippen LogP contribution in [0.15, 0.2) is 23.8 Å². The molecule has 0 fully saturated rings. The van der Waals surface area contributed by atoms with Crippen LogP contribution in [0.2, 0.25) is 5.15 Å². The van der Waals surface area contributed by atoms with Gasteiger partial charge in [0.1, 0.15) is 0 Å². The van der Waals surface area contributed by atoms with Gasteiger partial charge in [-0.3, -0.25) is 0 Å². The van der Waals surface area contributed by atoms with Crippen molar-refractivity contribution in [2.24, 2.45) is 0 Å². The predicted molar refractivity (Wildman–Crippen MR) is 49.9 cm³/mol. The van der Waals surface area contributed by atoms with Crippen LogP contribution in [0, 0.1) is 0 Å². The largest absolute Gasteiger partial charge is 0.275 e. The van der Waals surface area contributed by atoms with E-state index in [4.69, 9.17) is 11.6 Å². The van der Waals surface area contributed by atoms with Gasteiger partial charge in [-0.1, -0.05) is 6.92 Å². The molecule has 62 valence electrons. The fourth-order valence-electron chi connectivity index (χ4n) is 1.49. The van der Waals surface area contributed by atoms with Crippen molar-refractivity contribution in [1.29, 1.82) is 0 Å². The average Bonchev–Trinajstić information content (AvgIpc) is 2.49. The molecule has 1 aliphatic rings. The van der Waals surface area contributed by atoms with Gasteiger partial charge in [0.25, 0.3) is 5.15 Å². The first kappa shape index (κ1) is 7.81. The molecule has 0 aliphatic carbocycles. The molecule has 1 aliphatic heterocycles. The van der Waals surface area contributed by atoms with Gasteiger partial charge in [-0.05, 0) is 24.1 Å². The van der Waals surface area contributed by atoms with Crippen molar-refractivity contribution in [3.63, 3.8) is 0 Å². The third-order valence-electron chi connectivity index (χ3n) is 2.24. The SMILES string of the molecule is CCC1=Cc2cccc(Cl)[n+]2C1. The summed E-state index contributed by atoms with van der Waals surface area (Å²) in [6.07, 6.45) is 3.32. The zero-order valence-corrected chi connectivity index (χ0v) is 7.80. The Morgan fingerprint density at radius 3 is 3.00 bits per heavy atom. The molecule has 0 saturated carbocycles. The second-order valence-corrected chi connectivity index (χ2v) is 3.40. The molecular weight excluding hydrogens is 170 g/mol.